The molecule has 0 unspecified atom stereocenters. The van der Waals surface area contributed by atoms with Crippen LogP contribution in [-0.2, 0) is 24.0 Å². The number of amides is 5. The minimum Gasteiger partial charge on any atom is -0.356 e. The van der Waals surface area contributed by atoms with Gasteiger partial charge in [-0.3, -0.25) is 39.6 Å². The first-order chi connectivity index (χ1) is 19.6. The Kier molecular flexibility index (Phi) is 23.2. The number of nitrogens with one attached hydrogen (secondary N) is 3. The zero-order valence-corrected chi connectivity index (χ0v) is 24.9. The molecule has 238 valence electrons. The Bertz CT molecular complexity index is 770. The number of hydroxylamine groups is 6. The molecule has 0 spiro atoms. The van der Waals surface area contributed by atoms with Gasteiger partial charge < -0.3 is 16.0 Å². The van der Waals surface area contributed by atoms with Gasteiger partial charge in [-0.15, -0.1) is 0 Å². The fraction of sp³-hybridized carbons (Fsp3) is 0.815. The van der Waals surface area contributed by atoms with Gasteiger partial charge in [0.05, 0.1) is 0 Å². The number of hydrogen-bond acceptors (Lipinski definition) is 9. The SMILES string of the molecule is CCNCCCCCN(O)C(=O)CCC(=O)NCCCCCN(O)C(=O)CCC(=O)NCCCCCN(O)C(C)=O. The lowest BCUT2D eigenvalue weighted by Gasteiger charge is -2.15. The quantitative estimate of drug-likeness (QED) is 0.0522. The van der Waals surface area contributed by atoms with Crippen molar-refractivity contribution in [1.29, 1.82) is 0 Å². The van der Waals surface area contributed by atoms with Crippen LogP contribution in [0.1, 0.15) is 97.3 Å². The van der Waals surface area contributed by atoms with Gasteiger partial charge in [0.1, 0.15) is 0 Å². The highest BCUT2D eigenvalue weighted by molar-refractivity contribution is 5.83. The van der Waals surface area contributed by atoms with Gasteiger partial charge in [-0.05, 0) is 64.5 Å². The molecule has 0 aromatic carbocycles. The molecule has 0 rings (SSSR count). The smallest absolute Gasteiger partial charge is 0.246 e. The molecule has 0 aliphatic heterocycles. The second-order valence-electron chi connectivity index (χ2n) is 9.91. The average Bonchev–Trinajstić information content (AvgIpc) is 2.95. The molecule has 0 saturated carbocycles. The number of unbranched alkanes of at least 4 members (excludes halogenated alkanes) is 6. The Balaban J connectivity index is 3.75. The molecular weight excluding hydrogens is 536 g/mol. The lowest BCUT2D eigenvalue weighted by molar-refractivity contribution is -0.166. The third-order valence-corrected chi connectivity index (χ3v) is 6.28. The van der Waals surface area contributed by atoms with E-state index in [2.05, 4.69) is 16.0 Å². The highest BCUT2D eigenvalue weighted by Crippen LogP contribution is 2.03. The molecule has 0 saturated heterocycles. The molecular formula is C27H52N6O8. The molecule has 0 fully saturated rings. The molecule has 6 N–H and O–H groups in total. The normalized spacial score (nSPS) is 10.7. The first-order valence-corrected chi connectivity index (χ1v) is 14.8. The summed E-state index contributed by atoms with van der Waals surface area (Å²) in [7, 11) is 0. The van der Waals surface area contributed by atoms with Crippen molar-refractivity contribution in [2.45, 2.75) is 97.3 Å². The van der Waals surface area contributed by atoms with Crippen LogP contribution in [0, 0.1) is 0 Å². The van der Waals surface area contributed by atoms with Gasteiger partial charge in [-0.25, -0.2) is 15.2 Å². The van der Waals surface area contributed by atoms with Gasteiger partial charge in [-0.1, -0.05) is 13.3 Å². The Morgan fingerprint density at radius 3 is 1.32 bits per heavy atom. The maximum atomic E-state index is 12.0. The molecule has 0 atom stereocenters. The summed E-state index contributed by atoms with van der Waals surface area (Å²) in [5.41, 5.74) is 0. The van der Waals surface area contributed by atoms with E-state index < -0.39 is 17.7 Å². The third kappa shape index (κ3) is 22.6. The summed E-state index contributed by atoms with van der Waals surface area (Å²) >= 11 is 0. The minimum absolute atomic E-state index is 0.00755. The minimum atomic E-state index is -0.545. The molecule has 0 heterocycles. The second-order valence-corrected chi connectivity index (χ2v) is 9.91. The molecule has 5 amide bonds. The van der Waals surface area contributed by atoms with Crippen LogP contribution in [0.2, 0.25) is 0 Å². The van der Waals surface area contributed by atoms with Crippen LogP contribution < -0.4 is 16.0 Å². The van der Waals surface area contributed by atoms with Crippen molar-refractivity contribution < 1.29 is 39.6 Å². The van der Waals surface area contributed by atoms with Crippen molar-refractivity contribution in [1.82, 2.24) is 31.1 Å². The van der Waals surface area contributed by atoms with E-state index in [4.69, 9.17) is 0 Å². The summed E-state index contributed by atoms with van der Waals surface area (Å²) in [4.78, 5) is 58.6. The summed E-state index contributed by atoms with van der Waals surface area (Å²) in [6.45, 7) is 6.56. The highest BCUT2D eigenvalue weighted by atomic mass is 16.5. The number of hydrogen-bond donors (Lipinski definition) is 6. The number of nitrogens with zero attached hydrogens (tertiary/aromatic N) is 3. The lowest BCUT2D eigenvalue weighted by Crippen LogP contribution is -2.31. The van der Waals surface area contributed by atoms with Crippen molar-refractivity contribution in [3.8, 4) is 0 Å². The molecule has 14 nitrogen and oxygen atoms in total. The van der Waals surface area contributed by atoms with E-state index in [1.807, 2.05) is 6.92 Å². The maximum absolute atomic E-state index is 12.0. The van der Waals surface area contributed by atoms with E-state index in [1.165, 1.54) is 6.92 Å². The molecule has 14 heteroatoms. The van der Waals surface area contributed by atoms with Gasteiger partial charge in [0.15, 0.2) is 0 Å². The van der Waals surface area contributed by atoms with Crippen LogP contribution in [0.4, 0.5) is 0 Å². The Morgan fingerprint density at radius 2 is 0.927 bits per heavy atom. The van der Waals surface area contributed by atoms with Gasteiger partial charge in [-0.2, -0.15) is 0 Å². The second kappa shape index (κ2) is 24.9. The fourth-order valence-corrected chi connectivity index (χ4v) is 3.73. The van der Waals surface area contributed by atoms with E-state index in [0.29, 0.717) is 66.8 Å². The standard InChI is InChI=1S/C27H52N6O8/c1-3-28-17-7-4-11-21-32(40)26(37)15-13-25(36)30-19-9-6-12-22-33(41)27(38)16-14-24(35)29-18-8-5-10-20-31(39)23(2)34/h28,39-41H,3-22H2,1-2H3,(H,29,35)(H,30,36). The molecule has 0 aromatic rings. The highest BCUT2D eigenvalue weighted by Gasteiger charge is 2.14. The van der Waals surface area contributed by atoms with Crippen LogP contribution >= 0.6 is 0 Å². The van der Waals surface area contributed by atoms with Crippen LogP contribution in [0.25, 0.3) is 0 Å². The fourth-order valence-electron chi connectivity index (χ4n) is 3.73. The summed E-state index contributed by atoms with van der Waals surface area (Å²) in [6.07, 6.45) is 6.16. The topological polar surface area (TPSA) is 192 Å². The zero-order chi connectivity index (χ0) is 30.9. The van der Waals surface area contributed by atoms with Crippen molar-refractivity contribution in [2.75, 3.05) is 45.8 Å². The van der Waals surface area contributed by atoms with Gasteiger partial charge in [0.25, 0.3) is 0 Å². The van der Waals surface area contributed by atoms with Gasteiger partial charge in [0.2, 0.25) is 29.5 Å². The first-order valence-electron chi connectivity index (χ1n) is 14.8. The largest absolute Gasteiger partial charge is 0.356 e. The zero-order valence-electron chi connectivity index (χ0n) is 24.9. The van der Waals surface area contributed by atoms with E-state index in [9.17, 15) is 39.6 Å². The summed E-state index contributed by atoms with van der Waals surface area (Å²) in [6, 6.07) is 0. The predicted octanol–water partition coefficient (Wildman–Crippen LogP) is 1.57. The molecule has 41 heavy (non-hydrogen) atoms. The number of carbonyl (C=O) groups excluding carboxylic acids is 5. The van der Waals surface area contributed by atoms with Crippen molar-refractivity contribution in [2.24, 2.45) is 0 Å². The molecule has 0 aromatic heterocycles. The van der Waals surface area contributed by atoms with Crippen LogP contribution in [0.5, 0.6) is 0 Å². The molecule has 0 radical (unpaired) electrons. The van der Waals surface area contributed by atoms with Crippen molar-refractivity contribution in [3.63, 3.8) is 0 Å². The third-order valence-electron chi connectivity index (χ3n) is 6.28. The lowest BCUT2D eigenvalue weighted by atomic mass is 10.2. The van der Waals surface area contributed by atoms with E-state index in [1.54, 1.807) is 0 Å². The monoisotopic (exact) mass is 588 g/mol. The van der Waals surface area contributed by atoms with E-state index in [0.717, 1.165) is 32.4 Å². The molecule has 0 aliphatic rings. The van der Waals surface area contributed by atoms with Crippen LogP contribution in [0.3, 0.4) is 0 Å². The molecule has 0 bridgehead atoms. The van der Waals surface area contributed by atoms with E-state index in [-0.39, 0.29) is 57.1 Å². The first kappa shape index (κ1) is 38.2. The molecule has 0 aliphatic carbocycles. The number of carbonyl (C=O) groups is 5. The summed E-state index contributed by atoms with van der Waals surface area (Å²) in [5.74, 6) is -2.01. The average molecular weight is 589 g/mol. The van der Waals surface area contributed by atoms with Gasteiger partial charge in [0, 0.05) is 65.3 Å². The number of rotatable bonds is 25. The van der Waals surface area contributed by atoms with E-state index >= 15 is 0 Å². The Hall–Kier alpha value is -2.81. The van der Waals surface area contributed by atoms with Crippen LogP contribution in [0.15, 0.2) is 0 Å². The summed E-state index contributed by atoms with van der Waals surface area (Å²) < 4.78 is 0. The van der Waals surface area contributed by atoms with Crippen LogP contribution in [-0.4, -0.2) is 106 Å². The predicted molar refractivity (Wildman–Crippen MR) is 151 cm³/mol. The van der Waals surface area contributed by atoms with Crippen molar-refractivity contribution >= 4 is 29.5 Å². The Morgan fingerprint density at radius 1 is 0.537 bits per heavy atom. The van der Waals surface area contributed by atoms with Crippen molar-refractivity contribution in [3.05, 3.63) is 0 Å². The Labute approximate surface area is 243 Å². The van der Waals surface area contributed by atoms with Gasteiger partial charge >= 0.3 is 0 Å². The maximum Gasteiger partial charge on any atom is 0.246 e. The summed E-state index contributed by atoms with van der Waals surface area (Å²) in [5, 5.41) is 39.5.